The van der Waals surface area contributed by atoms with Crippen molar-refractivity contribution in [1.82, 2.24) is 4.90 Å². The van der Waals surface area contributed by atoms with E-state index in [-0.39, 0.29) is 23.3 Å². The van der Waals surface area contributed by atoms with Crippen molar-refractivity contribution < 1.29 is 22.6 Å². The predicted molar refractivity (Wildman–Crippen MR) is 81.8 cm³/mol. The van der Waals surface area contributed by atoms with Crippen LogP contribution in [0.25, 0.3) is 0 Å². The fraction of sp³-hybridized carbons (Fsp3) is 0.125. The fourth-order valence-electron chi connectivity index (χ4n) is 2.51. The Morgan fingerprint density at radius 1 is 0.870 bits per heavy atom. The lowest BCUT2D eigenvalue weighted by Gasteiger charge is -2.13. The molecule has 23 heavy (non-hydrogen) atoms. The van der Waals surface area contributed by atoms with E-state index in [2.05, 4.69) is 0 Å². The summed E-state index contributed by atoms with van der Waals surface area (Å²) in [6.07, 6.45) is 0.400. The van der Waals surface area contributed by atoms with Gasteiger partial charge in [0.15, 0.2) is 0 Å². The third kappa shape index (κ3) is 2.88. The van der Waals surface area contributed by atoms with Crippen molar-refractivity contribution >= 4 is 21.9 Å². The van der Waals surface area contributed by atoms with E-state index in [0.29, 0.717) is 17.5 Å². The molecule has 0 saturated carbocycles. The van der Waals surface area contributed by atoms with Gasteiger partial charge >= 0.3 is 0 Å². The van der Waals surface area contributed by atoms with Gasteiger partial charge in [0.25, 0.3) is 21.9 Å². The summed E-state index contributed by atoms with van der Waals surface area (Å²) in [6, 6.07) is 12.3. The molecule has 1 N–H and O–H groups in total. The van der Waals surface area contributed by atoms with Crippen LogP contribution < -0.4 is 0 Å². The molecular weight excluding hydrogens is 318 g/mol. The number of amides is 2. The second-order valence-electron chi connectivity index (χ2n) is 5.18. The smallest absolute Gasteiger partial charge is 0.282 e. The molecule has 1 heterocycles. The Hall–Kier alpha value is -2.51. The quantitative estimate of drug-likeness (QED) is 0.681. The van der Waals surface area contributed by atoms with Crippen LogP contribution in [0, 0.1) is 0 Å². The van der Waals surface area contributed by atoms with Crippen molar-refractivity contribution in [2.45, 2.75) is 11.3 Å². The molecule has 7 heteroatoms. The highest BCUT2D eigenvalue weighted by Crippen LogP contribution is 2.22. The first-order valence-electron chi connectivity index (χ1n) is 6.89. The average molecular weight is 331 g/mol. The highest BCUT2D eigenvalue weighted by atomic mass is 32.2. The third-order valence-corrected chi connectivity index (χ3v) is 4.59. The van der Waals surface area contributed by atoms with Crippen LogP contribution in [0.1, 0.15) is 26.3 Å². The zero-order valence-electron chi connectivity index (χ0n) is 12.0. The number of hydrogen-bond donors (Lipinski definition) is 1. The maximum Gasteiger partial charge on any atom is 0.294 e. The summed E-state index contributed by atoms with van der Waals surface area (Å²) >= 11 is 0. The van der Waals surface area contributed by atoms with Gasteiger partial charge in [0.05, 0.1) is 16.0 Å². The Balaban J connectivity index is 1.73. The van der Waals surface area contributed by atoms with Crippen molar-refractivity contribution in [3.63, 3.8) is 0 Å². The second kappa shape index (κ2) is 5.60. The molecule has 6 nitrogen and oxygen atoms in total. The van der Waals surface area contributed by atoms with Crippen LogP contribution in [-0.2, 0) is 16.5 Å². The van der Waals surface area contributed by atoms with E-state index in [1.54, 1.807) is 36.4 Å². The van der Waals surface area contributed by atoms with Gasteiger partial charge in [0.1, 0.15) is 0 Å². The number of rotatable bonds is 4. The van der Waals surface area contributed by atoms with Crippen LogP contribution >= 0.6 is 0 Å². The molecular formula is C16H13NO5S. The monoisotopic (exact) mass is 331 g/mol. The third-order valence-electron chi connectivity index (χ3n) is 3.72. The first-order valence-corrected chi connectivity index (χ1v) is 8.33. The number of hydrogen-bond acceptors (Lipinski definition) is 4. The molecule has 0 aliphatic carbocycles. The molecule has 0 bridgehead atoms. The summed E-state index contributed by atoms with van der Waals surface area (Å²) in [5.41, 5.74) is 1.56. The summed E-state index contributed by atoms with van der Waals surface area (Å²) in [7, 11) is -4.22. The zero-order valence-corrected chi connectivity index (χ0v) is 12.8. The van der Waals surface area contributed by atoms with E-state index in [4.69, 9.17) is 4.55 Å². The van der Waals surface area contributed by atoms with Gasteiger partial charge in [-0.3, -0.25) is 19.0 Å². The van der Waals surface area contributed by atoms with Crippen LogP contribution in [0.5, 0.6) is 0 Å². The van der Waals surface area contributed by atoms with Gasteiger partial charge in [-0.15, -0.1) is 0 Å². The average Bonchev–Trinajstić information content (AvgIpc) is 2.77. The zero-order chi connectivity index (χ0) is 16.6. The topological polar surface area (TPSA) is 91.8 Å². The first kappa shape index (κ1) is 15.4. The predicted octanol–water partition coefficient (Wildman–Crippen LogP) is 1.77. The van der Waals surface area contributed by atoms with E-state index >= 15 is 0 Å². The molecule has 0 radical (unpaired) electrons. The molecule has 2 amide bonds. The van der Waals surface area contributed by atoms with Crippen molar-refractivity contribution in [1.29, 1.82) is 0 Å². The summed E-state index contributed by atoms with van der Waals surface area (Å²) < 4.78 is 30.9. The number of carbonyl (C=O) groups is 2. The Bertz CT molecular complexity index is 852. The molecule has 1 aliphatic heterocycles. The molecule has 3 rings (SSSR count). The van der Waals surface area contributed by atoms with E-state index < -0.39 is 10.1 Å². The molecule has 0 saturated heterocycles. The highest BCUT2D eigenvalue weighted by molar-refractivity contribution is 7.85. The molecule has 118 valence electrons. The summed E-state index contributed by atoms with van der Waals surface area (Å²) in [6.45, 7) is 0.206. The summed E-state index contributed by atoms with van der Waals surface area (Å²) in [5, 5.41) is 0. The van der Waals surface area contributed by atoms with Crippen molar-refractivity contribution in [2.75, 3.05) is 6.54 Å². The minimum absolute atomic E-state index is 0.193. The van der Waals surface area contributed by atoms with Gasteiger partial charge in [-0.2, -0.15) is 8.42 Å². The van der Waals surface area contributed by atoms with Crippen molar-refractivity contribution in [2.24, 2.45) is 0 Å². The molecule has 0 unspecified atom stereocenters. The summed E-state index contributed by atoms with van der Waals surface area (Å²) in [4.78, 5) is 25.4. The molecule has 2 aromatic rings. The standard InChI is InChI=1S/C16H13NO5S/c18-15-13-3-1-2-4-14(13)16(19)17(15)10-9-11-5-7-12(8-6-11)23(20,21)22/h1-8H,9-10H2,(H,20,21,22). The van der Waals surface area contributed by atoms with Crippen LogP contribution in [-0.4, -0.2) is 36.2 Å². The normalized spacial score (nSPS) is 14.2. The lowest BCUT2D eigenvalue weighted by molar-refractivity contribution is 0.0656. The molecule has 2 aromatic carbocycles. The summed E-state index contributed by atoms with van der Waals surface area (Å²) in [5.74, 6) is -0.639. The van der Waals surface area contributed by atoms with Gasteiger partial charge in [0, 0.05) is 6.54 Å². The van der Waals surface area contributed by atoms with E-state index in [1.807, 2.05) is 0 Å². The molecule has 0 fully saturated rings. The second-order valence-corrected chi connectivity index (χ2v) is 6.60. The SMILES string of the molecule is O=C1c2ccccc2C(=O)N1CCc1ccc(S(=O)(=O)O)cc1. The fourth-order valence-corrected chi connectivity index (χ4v) is 2.99. The van der Waals surface area contributed by atoms with Gasteiger partial charge in [0.2, 0.25) is 0 Å². The van der Waals surface area contributed by atoms with Gasteiger partial charge in [-0.05, 0) is 36.2 Å². The Morgan fingerprint density at radius 3 is 1.87 bits per heavy atom. The maximum atomic E-state index is 12.2. The van der Waals surface area contributed by atoms with Crippen LogP contribution in [0.15, 0.2) is 53.4 Å². The van der Waals surface area contributed by atoms with Crippen molar-refractivity contribution in [3.05, 3.63) is 65.2 Å². The minimum Gasteiger partial charge on any atom is -0.282 e. The Kier molecular flexibility index (Phi) is 3.75. The minimum atomic E-state index is -4.22. The van der Waals surface area contributed by atoms with E-state index in [9.17, 15) is 18.0 Å². The number of nitrogens with zero attached hydrogens (tertiary/aromatic N) is 1. The molecule has 0 atom stereocenters. The lowest BCUT2D eigenvalue weighted by atomic mass is 10.1. The molecule has 0 spiro atoms. The number of benzene rings is 2. The van der Waals surface area contributed by atoms with E-state index in [0.717, 1.165) is 5.56 Å². The van der Waals surface area contributed by atoms with Gasteiger partial charge in [-0.1, -0.05) is 24.3 Å². The van der Waals surface area contributed by atoms with E-state index in [1.165, 1.54) is 17.0 Å². The van der Waals surface area contributed by atoms with Crippen LogP contribution in [0.4, 0.5) is 0 Å². The van der Waals surface area contributed by atoms with Gasteiger partial charge < -0.3 is 0 Å². The molecule has 0 aromatic heterocycles. The number of imide groups is 1. The lowest BCUT2D eigenvalue weighted by Crippen LogP contribution is -2.31. The molecule has 1 aliphatic rings. The largest absolute Gasteiger partial charge is 0.294 e. The number of carbonyl (C=O) groups excluding carboxylic acids is 2. The van der Waals surface area contributed by atoms with Crippen LogP contribution in [0.3, 0.4) is 0 Å². The van der Waals surface area contributed by atoms with Gasteiger partial charge in [-0.25, -0.2) is 0 Å². The maximum absolute atomic E-state index is 12.2. The number of fused-ring (bicyclic) bond motifs is 1. The Morgan fingerprint density at radius 2 is 1.39 bits per heavy atom. The van der Waals surface area contributed by atoms with Crippen LogP contribution in [0.2, 0.25) is 0 Å². The Labute approximate surface area is 133 Å². The van der Waals surface area contributed by atoms with Crippen molar-refractivity contribution in [3.8, 4) is 0 Å². The first-order chi connectivity index (χ1) is 10.9. The highest BCUT2D eigenvalue weighted by Gasteiger charge is 2.34.